The zero-order valence-electron chi connectivity index (χ0n) is 11.5. The molecule has 1 atom stereocenters. The number of halogens is 1. The summed E-state index contributed by atoms with van der Waals surface area (Å²) in [6, 6.07) is 4.99. The Labute approximate surface area is 116 Å². The van der Waals surface area contributed by atoms with Gasteiger partial charge in [-0.25, -0.2) is 9.18 Å². The predicted octanol–water partition coefficient (Wildman–Crippen LogP) is 1.67. The van der Waals surface area contributed by atoms with Crippen LogP contribution in [0.1, 0.15) is 25.8 Å². The molecule has 0 aromatic heterocycles. The maximum absolute atomic E-state index is 12.9. The molecule has 0 aliphatic rings. The standard InChI is InChI=1S/C14H18FNO4/c1-3-20-9-8-12(17)16-14(2,13(18)19)10-4-6-11(15)7-5-10/h4-7H,3,8-9H2,1-2H3,(H,16,17)(H,18,19). The lowest BCUT2D eigenvalue weighted by molar-refractivity contribution is -0.147. The van der Waals surface area contributed by atoms with Gasteiger partial charge in [-0.2, -0.15) is 0 Å². The first kappa shape index (κ1) is 16.1. The third-order valence-corrected chi connectivity index (χ3v) is 2.92. The van der Waals surface area contributed by atoms with Crippen LogP contribution in [0.2, 0.25) is 0 Å². The highest BCUT2D eigenvalue weighted by Gasteiger charge is 2.36. The van der Waals surface area contributed by atoms with E-state index in [4.69, 9.17) is 4.74 Å². The van der Waals surface area contributed by atoms with Crippen LogP contribution in [0, 0.1) is 5.82 Å². The van der Waals surface area contributed by atoms with Crippen molar-refractivity contribution >= 4 is 11.9 Å². The quantitative estimate of drug-likeness (QED) is 0.746. The molecule has 5 nitrogen and oxygen atoms in total. The molecule has 1 aromatic rings. The van der Waals surface area contributed by atoms with Gasteiger partial charge in [0.05, 0.1) is 6.61 Å². The molecule has 1 rings (SSSR count). The van der Waals surface area contributed by atoms with Crippen molar-refractivity contribution in [3.63, 3.8) is 0 Å². The molecule has 0 radical (unpaired) electrons. The maximum Gasteiger partial charge on any atom is 0.333 e. The summed E-state index contributed by atoms with van der Waals surface area (Å²) in [7, 11) is 0. The van der Waals surface area contributed by atoms with Crippen molar-refractivity contribution in [1.29, 1.82) is 0 Å². The highest BCUT2D eigenvalue weighted by atomic mass is 19.1. The number of amides is 1. The molecule has 0 fully saturated rings. The average molecular weight is 283 g/mol. The SMILES string of the molecule is CCOCCC(=O)NC(C)(C(=O)O)c1ccc(F)cc1. The first-order chi connectivity index (χ1) is 9.40. The summed E-state index contributed by atoms with van der Waals surface area (Å²) in [4.78, 5) is 23.2. The first-order valence-electron chi connectivity index (χ1n) is 6.28. The molecule has 20 heavy (non-hydrogen) atoms. The lowest BCUT2D eigenvalue weighted by Gasteiger charge is -2.26. The average Bonchev–Trinajstić information content (AvgIpc) is 2.39. The van der Waals surface area contributed by atoms with Gasteiger partial charge in [0, 0.05) is 13.0 Å². The zero-order valence-corrected chi connectivity index (χ0v) is 11.5. The topological polar surface area (TPSA) is 75.6 Å². The Morgan fingerprint density at radius 3 is 2.45 bits per heavy atom. The molecule has 1 aromatic carbocycles. The number of carboxylic acids is 1. The molecule has 0 saturated heterocycles. The summed E-state index contributed by atoms with van der Waals surface area (Å²) in [6.45, 7) is 3.88. The molecular formula is C14H18FNO4. The number of aliphatic carboxylic acids is 1. The van der Waals surface area contributed by atoms with Gasteiger partial charge in [-0.3, -0.25) is 4.79 Å². The van der Waals surface area contributed by atoms with E-state index < -0.39 is 23.2 Å². The molecular weight excluding hydrogens is 265 g/mol. The number of hydrogen-bond donors (Lipinski definition) is 2. The fraction of sp³-hybridized carbons (Fsp3) is 0.429. The number of ether oxygens (including phenoxy) is 1. The second-order valence-corrected chi connectivity index (χ2v) is 4.43. The molecule has 0 aliphatic heterocycles. The molecule has 0 bridgehead atoms. The lowest BCUT2D eigenvalue weighted by Crippen LogP contribution is -2.49. The van der Waals surface area contributed by atoms with Crippen LogP contribution >= 0.6 is 0 Å². The van der Waals surface area contributed by atoms with Crippen LogP contribution in [0.5, 0.6) is 0 Å². The summed E-state index contributed by atoms with van der Waals surface area (Å²) in [5.74, 6) is -2.12. The van der Waals surface area contributed by atoms with Gasteiger partial charge in [0.15, 0.2) is 5.54 Å². The largest absolute Gasteiger partial charge is 0.479 e. The van der Waals surface area contributed by atoms with E-state index in [1.54, 1.807) is 6.92 Å². The smallest absolute Gasteiger partial charge is 0.333 e. The van der Waals surface area contributed by atoms with Gasteiger partial charge in [0.25, 0.3) is 0 Å². The zero-order chi connectivity index (χ0) is 15.2. The van der Waals surface area contributed by atoms with E-state index in [1.807, 2.05) is 0 Å². The Morgan fingerprint density at radius 1 is 1.35 bits per heavy atom. The van der Waals surface area contributed by atoms with Crippen molar-refractivity contribution in [3.8, 4) is 0 Å². The summed E-state index contributed by atoms with van der Waals surface area (Å²) in [5.41, 5.74) is -1.30. The molecule has 0 saturated carbocycles. The number of hydrogen-bond acceptors (Lipinski definition) is 3. The van der Waals surface area contributed by atoms with E-state index >= 15 is 0 Å². The number of benzene rings is 1. The van der Waals surface area contributed by atoms with E-state index in [0.717, 1.165) is 12.1 Å². The van der Waals surface area contributed by atoms with Gasteiger partial charge in [-0.05, 0) is 31.5 Å². The van der Waals surface area contributed by atoms with Crippen molar-refractivity contribution in [1.82, 2.24) is 5.32 Å². The van der Waals surface area contributed by atoms with E-state index in [-0.39, 0.29) is 13.0 Å². The summed E-state index contributed by atoms with van der Waals surface area (Å²) in [6.07, 6.45) is 0.0674. The predicted molar refractivity (Wildman–Crippen MR) is 70.6 cm³/mol. The minimum absolute atomic E-state index is 0.0674. The monoisotopic (exact) mass is 283 g/mol. The van der Waals surface area contributed by atoms with Gasteiger partial charge >= 0.3 is 5.97 Å². The molecule has 6 heteroatoms. The fourth-order valence-electron chi connectivity index (χ4n) is 1.68. The molecule has 0 spiro atoms. The number of carboxylic acid groups (broad SMARTS) is 1. The molecule has 0 heterocycles. The normalized spacial score (nSPS) is 13.6. The lowest BCUT2D eigenvalue weighted by atomic mass is 9.92. The Hall–Kier alpha value is -1.95. The Balaban J connectivity index is 2.84. The second kappa shape index (κ2) is 7.00. The van der Waals surface area contributed by atoms with Crippen LogP contribution in [0.4, 0.5) is 4.39 Å². The van der Waals surface area contributed by atoms with Crippen LogP contribution in [0.3, 0.4) is 0 Å². The molecule has 1 amide bonds. The van der Waals surface area contributed by atoms with Crippen molar-refractivity contribution in [3.05, 3.63) is 35.6 Å². The highest BCUT2D eigenvalue weighted by Crippen LogP contribution is 2.21. The Bertz CT molecular complexity index is 475. The minimum atomic E-state index is -1.60. The third-order valence-electron chi connectivity index (χ3n) is 2.92. The van der Waals surface area contributed by atoms with Crippen molar-refractivity contribution in [2.45, 2.75) is 25.8 Å². The first-order valence-corrected chi connectivity index (χ1v) is 6.28. The molecule has 2 N–H and O–H groups in total. The van der Waals surface area contributed by atoms with Gasteiger partial charge in [-0.1, -0.05) is 12.1 Å². The van der Waals surface area contributed by atoms with Crippen LogP contribution in [-0.4, -0.2) is 30.2 Å². The summed E-state index contributed by atoms with van der Waals surface area (Å²) in [5, 5.41) is 11.8. The highest BCUT2D eigenvalue weighted by molar-refractivity contribution is 5.87. The Kier molecular flexibility index (Phi) is 5.64. The van der Waals surface area contributed by atoms with Crippen LogP contribution in [0.25, 0.3) is 0 Å². The van der Waals surface area contributed by atoms with Gasteiger partial charge in [0.1, 0.15) is 5.82 Å². The minimum Gasteiger partial charge on any atom is -0.479 e. The summed E-state index contributed by atoms with van der Waals surface area (Å²) < 4.78 is 17.9. The fourth-order valence-corrected chi connectivity index (χ4v) is 1.68. The van der Waals surface area contributed by atoms with E-state index in [9.17, 15) is 19.1 Å². The number of carbonyl (C=O) groups is 2. The van der Waals surface area contributed by atoms with Crippen LogP contribution in [0.15, 0.2) is 24.3 Å². The summed E-state index contributed by atoms with van der Waals surface area (Å²) >= 11 is 0. The van der Waals surface area contributed by atoms with E-state index in [0.29, 0.717) is 12.2 Å². The molecule has 0 aliphatic carbocycles. The maximum atomic E-state index is 12.9. The number of rotatable bonds is 7. The molecule has 1 unspecified atom stereocenters. The van der Waals surface area contributed by atoms with Gasteiger partial charge in [0.2, 0.25) is 5.91 Å². The van der Waals surface area contributed by atoms with Gasteiger partial charge in [-0.15, -0.1) is 0 Å². The Morgan fingerprint density at radius 2 is 1.95 bits per heavy atom. The van der Waals surface area contributed by atoms with E-state index in [1.165, 1.54) is 19.1 Å². The van der Waals surface area contributed by atoms with Crippen molar-refractivity contribution in [2.24, 2.45) is 0 Å². The van der Waals surface area contributed by atoms with Crippen LogP contribution in [-0.2, 0) is 19.9 Å². The second-order valence-electron chi connectivity index (χ2n) is 4.43. The van der Waals surface area contributed by atoms with Crippen molar-refractivity contribution in [2.75, 3.05) is 13.2 Å². The molecule has 110 valence electrons. The third kappa shape index (κ3) is 4.03. The van der Waals surface area contributed by atoms with Gasteiger partial charge < -0.3 is 15.2 Å². The van der Waals surface area contributed by atoms with E-state index in [2.05, 4.69) is 5.32 Å². The van der Waals surface area contributed by atoms with Crippen molar-refractivity contribution < 1.29 is 23.8 Å². The number of nitrogens with one attached hydrogen (secondary N) is 1. The van der Waals surface area contributed by atoms with Crippen LogP contribution < -0.4 is 5.32 Å². The number of carbonyl (C=O) groups excluding carboxylic acids is 1.